The summed E-state index contributed by atoms with van der Waals surface area (Å²) in [6.45, 7) is 0.868. The number of anilines is 1. The number of nitrogens with zero attached hydrogens (tertiary/aromatic N) is 4. The van der Waals surface area contributed by atoms with E-state index in [2.05, 4.69) is 20.0 Å². The number of halogens is 1. The predicted molar refractivity (Wildman–Crippen MR) is 163 cm³/mol. The van der Waals surface area contributed by atoms with Crippen molar-refractivity contribution in [1.29, 1.82) is 0 Å². The Kier molecular flexibility index (Phi) is 8.95. The van der Waals surface area contributed by atoms with Crippen LogP contribution in [0.3, 0.4) is 0 Å². The van der Waals surface area contributed by atoms with Crippen LogP contribution in [0.5, 0.6) is 5.75 Å². The van der Waals surface area contributed by atoms with Crippen LogP contribution in [0.1, 0.15) is 18.7 Å². The SMILES string of the molecule is C[C@H](NP(=O)(OC[C@H]1O[C@@H](n2cnc3c(N)nc(F)nc32)C(O)C1O)Oc1cccc2ccccc12)C(=O)OCc1ccccc1. The molecule has 5 N–H and O–H groups in total. The van der Waals surface area contributed by atoms with Crippen molar-refractivity contribution in [1.82, 2.24) is 24.6 Å². The molecule has 1 aliphatic rings. The second-order valence-corrected chi connectivity index (χ2v) is 12.2. The molecule has 0 amide bonds. The average molecular weight is 653 g/mol. The zero-order valence-corrected chi connectivity index (χ0v) is 25.2. The summed E-state index contributed by atoms with van der Waals surface area (Å²) >= 11 is 0. The van der Waals surface area contributed by atoms with Gasteiger partial charge in [0.05, 0.1) is 12.9 Å². The molecule has 1 fully saturated rings. The number of hydrogen-bond donors (Lipinski definition) is 4. The Morgan fingerprint density at radius 3 is 2.63 bits per heavy atom. The monoisotopic (exact) mass is 652 g/mol. The molecule has 3 heterocycles. The van der Waals surface area contributed by atoms with Crippen LogP contribution in [0.25, 0.3) is 21.9 Å². The maximum Gasteiger partial charge on any atom is 0.459 e. The summed E-state index contributed by atoms with van der Waals surface area (Å²) in [5.41, 5.74) is 6.49. The molecule has 0 radical (unpaired) electrons. The minimum atomic E-state index is -4.41. The van der Waals surface area contributed by atoms with Gasteiger partial charge in [0.2, 0.25) is 0 Å². The highest BCUT2D eigenvalue weighted by atomic mass is 31.2. The number of carbonyl (C=O) groups excluding carboxylic acids is 1. The fraction of sp³-hybridized carbons (Fsp3) is 0.267. The zero-order valence-electron chi connectivity index (χ0n) is 24.3. The van der Waals surface area contributed by atoms with Crippen molar-refractivity contribution in [2.45, 2.75) is 44.1 Å². The predicted octanol–water partition coefficient (Wildman–Crippen LogP) is 3.25. The summed E-state index contributed by atoms with van der Waals surface area (Å²) in [6.07, 6.45) is -5.56. The molecule has 0 saturated carbocycles. The topological polar surface area (TPSA) is 193 Å². The number of rotatable bonds is 11. The van der Waals surface area contributed by atoms with Crippen LogP contribution in [0.2, 0.25) is 0 Å². The van der Waals surface area contributed by atoms with E-state index < -0.39 is 57.0 Å². The smallest absolute Gasteiger partial charge is 0.459 e. The van der Waals surface area contributed by atoms with Gasteiger partial charge in [-0.3, -0.25) is 13.9 Å². The van der Waals surface area contributed by atoms with Crippen molar-refractivity contribution >= 4 is 41.5 Å². The van der Waals surface area contributed by atoms with E-state index in [1.165, 1.54) is 17.8 Å². The molecule has 1 aliphatic heterocycles. The minimum absolute atomic E-state index is 0.00812. The number of nitrogens with one attached hydrogen (secondary N) is 1. The molecule has 3 aromatic carbocycles. The number of aliphatic hydroxyl groups excluding tert-OH is 2. The van der Waals surface area contributed by atoms with Crippen LogP contribution >= 0.6 is 7.75 Å². The molecule has 1 saturated heterocycles. The number of benzene rings is 3. The van der Waals surface area contributed by atoms with Crippen molar-refractivity contribution < 1.29 is 42.5 Å². The van der Waals surface area contributed by atoms with Gasteiger partial charge in [-0.05, 0) is 23.9 Å². The van der Waals surface area contributed by atoms with Gasteiger partial charge in [-0.25, -0.2) is 9.55 Å². The fourth-order valence-corrected chi connectivity index (χ4v) is 6.52. The van der Waals surface area contributed by atoms with Gasteiger partial charge >= 0.3 is 19.8 Å². The van der Waals surface area contributed by atoms with Gasteiger partial charge in [-0.2, -0.15) is 19.4 Å². The number of nitrogen functional groups attached to an aromatic ring is 1. The van der Waals surface area contributed by atoms with Crippen LogP contribution < -0.4 is 15.3 Å². The van der Waals surface area contributed by atoms with E-state index in [0.29, 0.717) is 5.39 Å². The van der Waals surface area contributed by atoms with Gasteiger partial charge < -0.3 is 29.9 Å². The Morgan fingerprint density at radius 2 is 1.83 bits per heavy atom. The lowest BCUT2D eigenvalue weighted by Crippen LogP contribution is -2.37. The van der Waals surface area contributed by atoms with Crippen LogP contribution in [0.15, 0.2) is 79.1 Å². The molecular weight excluding hydrogens is 622 g/mol. The summed E-state index contributed by atoms with van der Waals surface area (Å²) in [4.78, 5) is 24.0. The molecule has 5 aromatic rings. The lowest BCUT2D eigenvalue weighted by atomic mass is 10.1. The number of nitrogens with two attached hydrogens (primary N) is 1. The normalized spacial score (nSPS) is 21.7. The molecular formula is C30H30FN6O8P. The van der Waals surface area contributed by atoms with Gasteiger partial charge in [0.15, 0.2) is 23.2 Å². The number of carbonyl (C=O) groups is 1. The van der Waals surface area contributed by atoms with Gasteiger partial charge in [0.1, 0.15) is 36.7 Å². The van der Waals surface area contributed by atoms with Crippen LogP contribution in [-0.4, -0.2) is 66.7 Å². The van der Waals surface area contributed by atoms with Gasteiger partial charge in [-0.15, -0.1) is 0 Å². The highest BCUT2D eigenvalue weighted by molar-refractivity contribution is 7.52. The summed E-state index contributed by atoms with van der Waals surface area (Å²) in [5.74, 6) is -0.737. The van der Waals surface area contributed by atoms with E-state index in [1.54, 1.807) is 36.4 Å². The lowest BCUT2D eigenvalue weighted by Gasteiger charge is -2.25. The van der Waals surface area contributed by atoms with Crippen LogP contribution in [0.4, 0.5) is 10.2 Å². The third-order valence-corrected chi connectivity index (χ3v) is 8.97. The number of fused-ring (bicyclic) bond motifs is 2. The Morgan fingerprint density at radius 1 is 1.09 bits per heavy atom. The number of ether oxygens (including phenoxy) is 2. The van der Waals surface area contributed by atoms with Crippen molar-refractivity contribution in [3.8, 4) is 5.75 Å². The lowest BCUT2D eigenvalue weighted by molar-refractivity contribution is -0.146. The van der Waals surface area contributed by atoms with Crippen molar-refractivity contribution in [3.05, 3.63) is 90.8 Å². The summed E-state index contributed by atoms with van der Waals surface area (Å²) < 4.78 is 52.3. The highest BCUT2D eigenvalue weighted by Crippen LogP contribution is 2.47. The Labute approximate surface area is 261 Å². The molecule has 3 unspecified atom stereocenters. The zero-order chi connectivity index (χ0) is 32.4. The molecule has 14 nitrogen and oxygen atoms in total. The summed E-state index contributed by atoms with van der Waals surface area (Å²) in [7, 11) is -4.41. The van der Waals surface area contributed by atoms with E-state index in [-0.39, 0.29) is 29.3 Å². The van der Waals surface area contributed by atoms with E-state index in [4.69, 9.17) is 24.3 Å². The average Bonchev–Trinajstić information content (AvgIpc) is 3.59. The first kappa shape index (κ1) is 31.5. The van der Waals surface area contributed by atoms with Crippen molar-refractivity contribution in [3.63, 3.8) is 0 Å². The molecule has 0 spiro atoms. The molecule has 2 aromatic heterocycles. The number of aromatic nitrogens is 4. The third kappa shape index (κ3) is 6.56. The van der Waals surface area contributed by atoms with E-state index in [0.717, 1.165) is 10.9 Å². The summed E-state index contributed by atoms with van der Waals surface area (Å²) in [5, 5.41) is 25.7. The van der Waals surface area contributed by atoms with Crippen molar-refractivity contribution in [2.24, 2.45) is 0 Å². The first-order valence-corrected chi connectivity index (χ1v) is 15.7. The Bertz CT molecular complexity index is 1910. The Balaban J connectivity index is 1.21. The number of hydrogen-bond acceptors (Lipinski definition) is 12. The molecule has 240 valence electrons. The second kappa shape index (κ2) is 13.1. The maximum absolute atomic E-state index is 14.3. The first-order valence-electron chi connectivity index (χ1n) is 14.2. The molecule has 16 heteroatoms. The molecule has 6 rings (SSSR count). The number of aliphatic hydroxyl groups is 2. The molecule has 46 heavy (non-hydrogen) atoms. The van der Waals surface area contributed by atoms with Gasteiger partial charge in [-0.1, -0.05) is 66.7 Å². The Hall–Kier alpha value is -4.50. The van der Waals surface area contributed by atoms with E-state index >= 15 is 0 Å². The van der Waals surface area contributed by atoms with Gasteiger partial charge in [0.25, 0.3) is 0 Å². The number of esters is 1. The van der Waals surface area contributed by atoms with Crippen molar-refractivity contribution in [2.75, 3.05) is 12.3 Å². The quantitative estimate of drug-likeness (QED) is 0.0924. The maximum atomic E-state index is 14.3. The minimum Gasteiger partial charge on any atom is -0.460 e. The van der Waals surface area contributed by atoms with E-state index in [9.17, 15) is 24.0 Å². The standard InChI is InChI=1S/C30H30FN6O8P/c1-17(29(40)42-14-18-8-3-2-4-9-18)36-46(41,45-21-13-7-11-19-10-5-6-12-20(19)21)43-15-22-24(38)25(39)28(44-22)37-16-33-23-26(32)34-30(31)35-27(23)37/h2-13,16-17,22,24-25,28,38-39H,14-15H2,1H3,(H,36,41)(H2,32,34,35)/t17-,22+,24?,25?,28+,46?/m0/s1. The van der Waals surface area contributed by atoms with E-state index in [1.807, 2.05) is 36.4 Å². The van der Waals surface area contributed by atoms with Gasteiger partial charge in [0, 0.05) is 5.39 Å². The third-order valence-electron chi connectivity index (χ3n) is 7.34. The second-order valence-electron chi connectivity index (χ2n) is 10.6. The molecule has 6 atom stereocenters. The first-order chi connectivity index (χ1) is 22.1. The summed E-state index contributed by atoms with van der Waals surface area (Å²) in [6, 6.07) is 20.3. The molecule has 0 bridgehead atoms. The largest absolute Gasteiger partial charge is 0.460 e. The number of imidazole rings is 1. The fourth-order valence-electron chi connectivity index (χ4n) is 5.00. The molecule has 0 aliphatic carbocycles. The van der Waals surface area contributed by atoms with Crippen LogP contribution in [0, 0.1) is 6.08 Å². The highest BCUT2D eigenvalue weighted by Gasteiger charge is 2.46. The van der Waals surface area contributed by atoms with Crippen LogP contribution in [-0.2, 0) is 30.0 Å².